The molecule has 6 heteroatoms. The Morgan fingerprint density at radius 1 is 1.29 bits per heavy atom. The number of carboxylic acid groups (broad SMARTS) is 1. The molecular formula is C15H20N2O4. The Morgan fingerprint density at radius 2 is 1.90 bits per heavy atom. The molecule has 0 heterocycles. The van der Waals surface area contributed by atoms with E-state index in [1.54, 1.807) is 13.1 Å². The topological polar surface area (TPSA) is 81.1 Å². The second-order valence-electron chi connectivity index (χ2n) is 4.63. The molecule has 2 amide bonds. The van der Waals surface area contributed by atoms with Crippen molar-refractivity contribution in [1.82, 2.24) is 4.90 Å². The van der Waals surface area contributed by atoms with E-state index in [4.69, 9.17) is 5.11 Å². The van der Waals surface area contributed by atoms with E-state index in [-0.39, 0.29) is 5.75 Å². The summed E-state index contributed by atoms with van der Waals surface area (Å²) in [6.07, 6.45) is 3.32. The van der Waals surface area contributed by atoms with Gasteiger partial charge in [0.25, 0.3) is 0 Å². The highest BCUT2D eigenvalue weighted by atomic mass is 16.4. The molecule has 0 aromatic heterocycles. The lowest BCUT2D eigenvalue weighted by Gasteiger charge is -2.27. The number of aliphatic carboxylic acids is 1. The number of hydrogen-bond acceptors (Lipinski definition) is 3. The van der Waals surface area contributed by atoms with Gasteiger partial charge in [-0.2, -0.15) is 0 Å². The number of phenols is 1. The molecule has 1 aromatic carbocycles. The largest absolute Gasteiger partial charge is 0.508 e. The molecule has 0 aliphatic heterocycles. The van der Waals surface area contributed by atoms with Gasteiger partial charge >= 0.3 is 12.0 Å². The van der Waals surface area contributed by atoms with Crippen LogP contribution in [0.4, 0.5) is 10.5 Å². The van der Waals surface area contributed by atoms with Crippen LogP contribution in [0.1, 0.15) is 12.8 Å². The highest BCUT2D eigenvalue weighted by Gasteiger charge is 2.21. The molecule has 0 saturated heterocycles. The van der Waals surface area contributed by atoms with Crippen molar-refractivity contribution in [2.75, 3.05) is 25.0 Å². The molecule has 0 bridgehead atoms. The van der Waals surface area contributed by atoms with Gasteiger partial charge in [0.2, 0.25) is 0 Å². The van der Waals surface area contributed by atoms with E-state index in [2.05, 4.69) is 6.58 Å². The Morgan fingerprint density at radius 3 is 2.43 bits per heavy atom. The summed E-state index contributed by atoms with van der Waals surface area (Å²) in [5.74, 6) is -1.04. The van der Waals surface area contributed by atoms with Gasteiger partial charge in [-0.25, -0.2) is 4.79 Å². The molecule has 0 atom stereocenters. The van der Waals surface area contributed by atoms with Crippen LogP contribution in [0.25, 0.3) is 0 Å². The zero-order valence-electron chi connectivity index (χ0n) is 12.0. The number of allylic oxidation sites excluding steroid dienone is 1. The molecule has 114 valence electrons. The molecule has 2 N–H and O–H groups in total. The molecule has 0 spiro atoms. The van der Waals surface area contributed by atoms with Crippen LogP contribution in [0, 0.1) is 0 Å². The minimum absolute atomic E-state index is 0.0563. The number of aromatic hydroxyl groups is 1. The molecule has 0 saturated carbocycles. The Bertz CT molecular complexity index is 499. The summed E-state index contributed by atoms with van der Waals surface area (Å²) in [5.41, 5.74) is 0.427. The third-order valence-electron chi connectivity index (χ3n) is 2.91. The molecule has 0 radical (unpaired) electrons. The number of benzene rings is 1. The summed E-state index contributed by atoms with van der Waals surface area (Å²) < 4.78 is 0. The van der Waals surface area contributed by atoms with Crippen molar-refractivity contribution >= 4 is 17.7 Å². The first-order valence-corrected chi connectivity index (χ1v) is 6.60. The highest BCUT2D eigenvalue weighted by Crippen LogP contribution is 2.19. The van der Waals surface area contributed by atoms with E-state index >= 15 is 0 Å². The number of anilines is 1. The third kappa shape index (κ3) is 5.18. The van der Waals surface area contributed by atoms with Gasteiger partial charge in [-0.05, 0) is 37.1 Å². The zero-order valence-corrected chi connectivity index (χ0v) is 12.0. The first-order valence-electron chi connectivity index (χ1n) is 6.60. The summed E-state index contributed by atoms with van der Waals surface area (Å²) in [6, 6.07) is 5.44. The molecule has 0 aliphatic carbocycles. The van der Waals surface area contributed by atoms with Crippen molar-refractivity contribution in [3.05, 3.63) is 36.9 Å². The predicted octanol–water partition coefficient (Wildman–Crippen LogP) is 2.30. The Hall–Kier alpha value is -2.50. The molecule has 1 aromatic rings. The average Bonchev–Trinajstić information content (AvgIpc) is 2.45. The van der Waals surface area contributed by atoms with Crippen LogP contribution in [-0.4, -0.2) is 47.3 Å². The van der Waals surface area contributed by atoms with Crippen molar-refractivity contribution < 1.29 is 19.8 Å². The number of nitrogens with zero attached hydrogens (tertiary/aromatic N) is 2. The fraction of sp³-hybridized carbons (Fsp3) is 0.333. The third-order valence-corrected chi connectivity index (χ3v) is 2.91. The fourth-order valence-electron chi connectivity index (χ4n) is 1.81. The summed E-state index contributed by atoms with van der Waals surface area (Å²) in [7, 11) is 1.63. The van der Waals surface area contributed by atoms with Crippen LogP contribution in [0.2, 0.25) is 0 Å². The number of urea groups is 1. The minimum atomic E-state index is -1.10. The van der Waals surface area contributed by atoms with Gasteiger partial charge in [0.05, 0.1) is 0 Å². The molecule has 21 heavy (non-hydrogen) atoms. The van der Waals surface area contributed by atoms with E-state index in [0.29, 0.717) is 12.2 Å². The number of amides is 2. The number of carboxylic acids is 1. The fourth-order valence-corrected chi connectivity index (χ4v) is 1.81. The van der Waals surface area contributed by atoms with Gasteiger partial charge in [0.15, 0.2) is 0 Å². The summed E-state index contributed by atoms with van der Waals surface area (Å²) in [6.45, 7) is 3.70. The number of rotatable bonds is 7. The van der Waals surface area contributed by atoms with E-state index in [1.165, 1.54) is 29.2 Å². The number of carbonyl (C=O) groups excluding carboxylic acids is 1. The van der Waals surface area contributed by atoms with Crippen LogP contribution >= 0.6 is 0 Å². The van der Waals surface area contributed by atoms with E-state index in [9.17, 15) is 14.7 Å². The van der Waals surface area contributed by atoms with E-state index < -0.39 is 18.5 Å². The second-order valence-corrected chi connectivity index (χ2v) is 4.63. The SMILES string of the molecule is C=CCCCN(C)C(=O)N(CC(=O)O)c1ccc(O)cc1. The quantitative estimate of drug-likeness (QED) is 0.597. The van der Waals surface area contributed by atoms with Crippen molar-refractivity contribution in [1.29, 1.82) is 0 Å². The maximum Gasteiger partial charge on any atom is 0.324 e. The molecule has 1 rings (SSSR count). The summed E-state index contributed by atoms with van der Waals surface area (Å²) in [5, 5.41) is 18.2. The normalized spacial score (nSPS) is 9.95. The van der Waals surface area contributed by atoms with Crippen molar-refractivity contribution in [3.63, 3.8) is 0 Å². The standard InChI is InChI=1S/C15H20N2O4/c1-3-4-5-10-16(2)15(21)17(11-14(19)20)12-6-8-13(18)9-7-12/h3,6-9,18H,1,4-5,10-11H2,2H3,(H,19,20). The number of unbranched alkanes of at least 4 members (excludes halogenated alkanes) is 1. The predicted molar refractivity (Wildman–Crippen MR) is 80.5 cm³/mol. The van der Waals surface area contributed by atoms with Gasteiger partial charge in [0, 0.05) is 19.3 Å². The smallest absolute Gasteiger partial charge is 0.324 e. The van der Waals surface area contributed by atoms with Crippen molar-refractivity contribution in [2.45, 2.75) is 12.8 Å². The van der Waals surface area contributed by atoms with Gasteiger partial charge in [-0.15, -0.1) is 6.58 Å². The van der Waals surface area contributed by atoms with Crippen LogP contribution < -0.4 is 4.90 Å². The lowest BCUT2D eigenvalue weighted by Crippen LogP contribution is -2.44. The minimum Gasteiger partial charge on any atom is -0.508 e. The second kappa shape index (κ2) is 7.94. The Balaban J connectivity index is 2.85. The van der Waals surface area contributed by atoms with Crippen LogP contribution in [0.15, 0.2) is 36.9 Å². The summed E-state index contributed by atoms with van der Waals surface area (Å²) >= 11 is 0. The first kappa shape index (κ1) is 16.6. The van der Waals surface area contributed by atoms with Crippen molar-refractivity contribution in [3.8, 4) is 5.75 Å². The molecule has 0 unspecified atom stereocenters. The molecule has 0 fully saturated rings. The highest BCUT2D eigenvalue weighted by molar-refractivity contribution is 5.96. The van der Waals surface area contributed by atoms with Crippen LogP contribution in [-0.2, 0) is 4.79 Å². The van der Waals surface area contributed by atoms with Gasteiger partial charge in [-0.1, -0.05) is 6.08 Å². The number of carbonyl (C=O) groups is 2. The van der Waals surface area contributed by atoms with E-state index in [0.717, 1.165) is 17.7 Å². The average molecular weight is 292 g/mol. The summed E-state index contributed by atoms with van der Waals surface area (Å²) in [4.78, 5) is 26.0. The van der Waals surface area contributed by atoms with Crippen LogP contribution in [0.3, 0.4) is 0 Å². The first-order chi connectivity index (χ1) is 9.95. The Labute approximate surface area is 123 Å². The van der Waals surface area contributed by atoms with E-state index in [1.807, 2.05) is 0 Å². The van der Waals surface area contributed by atoms with Gasteiger partial charge in [-0.3, -0.25) is 9.69 Å². The van der Waals surface area contributed by atoms with Crippen molar-refractivity contribution in [2.24, 2.45) is 0 Å². The number of hydrogen-bond donors (Lipinski definition) is 2. The lowest BCUT2D eigenvalue weighted by atomic mass is 10.2. The Kier molecular flexibility index (Phi) is 6.26. The molecule has 6 nitrogen and oxygen atoms in total. The maximum absolute atomic E-state index is 12.4. The zero-order chi connectivity index (χ0) is 15.8. The number of phenolic OH excluding ortho intramolecular Hbond substituents is 1. The molecule has 0 aliphatic rings. The molecular weight excluding hydrogens is 272 g/mol. The maximum atomic E-state index is 12.4. The van der Waals surface area contributed by atoms with Crippen LogP contribution in [0.5, 0.6) is 5.75 Å². The monoisotopic (exact) mass is 292 g/mol. The van der Waals surface area contributed by atoms with Gasteiger partial charge in [0.1, 0.15) is 12.3 Å². The van der Waals surface area contributed by atoms with Gasteiger partial charge < -0.3 is 15.1 Å². The lowest BCUT2D eigenvalue weighted by molar-refractivity contribution is -0.135.